The zero-order chi connectivity index (χ0) is 14.7. The molecule has 1 N–H and O–H groups in total. The average molecular weight is 290 g/mol. The predicted octanol–water partition coefficient (Wildman–Crippen LogP) is 2.36. The van der Waals surface area contributed by atoms with Gasteiger partial charge in [0, 0.05) is 25.0 Å². The molecule has 0 bridgehead atoms. The summed E-state index contributed by atoms with van der Waals surface area (Å²) >= 11 is 0. The minimum absolute atomic E-state index is 0.130. The number of amides is 1. The van der Waals surface area contributed by atoms with Crippen LogP contribution in [0.1, 0.15) is 31.2 Å². The van der Waals surface area contributed by atoms with E-state index in [1.807, 2.05) is 11.0 Å². The summed E-state index contributed by atoms with van der Waals surface area (Å²) in [6.07, 6.45) is 5.01. The van der Waals surface area contributed by atoms with Crippen molar-refractivity contribution in [3.8, 4) is 0 Å². The Morgan fingerprint density at radius 1 is 1.33 bits per heavy atom. The van der Waals surface area contributed by atoms with Crippen molar-refractivity contribution in [3.05, 3.63) is 35.6 Å². The molecule has 1 aromatic rings. The fourth-order valence-corrected chi connectivity index (χ4v) is 3.73. The summed E-state index contributed by atoms with van der Waals surface area (Å²) < 4.78 is 13.2. The van der Waals surface area contributed by atoms with Crippen molar-refractivity contribution in [2.75, 3.05) is 26.2 Å². The lowest BCUT2D eigenvalue weighted by atomic mass is 9.74. The molecule has 3 rings (SSSR count). The van der Waals surface area contributed by atoms with Gasteiger partial charge in [-0.15, -0.1) is 0 Å². The highest BCUT2D eigenvalue weighted by Crippen LogP contribution is 2.36. The second kappa shape index (κ2) is 6.14. The van der Waals surface area contributed by atoms with Crippen LogP contribution in [0.25, 0.3) is 0 Å². The van der Waals surface area contributed by atoms with Crippen LogP contribution < -0.4 is 5.32 Å². The minimum Gasteiger partial charge on any atom is -0.342 e. The summed E-state index contributed by atoms with van der Waals surface area (Å²) in [5.41, 5.74) is 1.04. The summed E-state index contributed by atoms with van der Waals surface area (Å²) in [4.78, 5) is 14.5. The molecule has 0 radical (unpaired) electrons. The number of benzene rings is 1. The van der Waals surface area contributed by atoms with E-state index in [0.717, 1.165) is 38.2 Å². The number of hydrogen-bond acceptors (Lipinski definition) is 2. The van der Waals surface area contributed by atoms with Gasteiger partial charge < -0.3 is 10.2 Å². The molecule has 2 aliphatic heterocycles. The van der Waals surface area contributed by atoms with E-state index >= 15 is 0 Å². The summed E-state index contributed by atoms with van der Waals surface area (Å²) in [6, 6.07) is 6.36. The molecule has 0 aliphatic carbocycles. The van der Waals surface area contributed by atoms with Gasteiger partial charge in [-0.25, -0.2) is 4.39 Å². The molecule has 2 aliphatic rings. The molecule has 21 heavy (non-hydrogen) atoms. The molecule has 2 saturated heterocycles. The van der Waals surface area contributed by atoms with E-state index in [0.29, 0.717) is 6.42 Å². The van der Waals surface area contributed by atoms with E-state index in [4.69, 9.17) is 0 Å². The topological polar surface area (TPSA) is 32.3 Å². The molecule has 2 fully saturated rings. The van der Waals surface area contributed by atoms with Gasteiger partial charge in [-0.05, 0) is 49.9 Å². The van der Waals surface area contributed by atoms with E-state index in [-0.39, 0.29) is 17.1 Å². The van der Waals surface area contributed by atoms with Crippen molar-refractivity contribution in [1.82, 2.24) is 10.2 Å². The molecule has 2 heterocycles. The monoisotopic (exact) mass is 290 g/mol. The second-order valence-corrected chi connectivity index (χ2v) is 6.51. The van der Waals surface area contributed by atoms with E-state index in [1.165, 1.54) is 31.4 Å². The molecule has 1 amide bonds. The smallest absolute Gasteiger partial charge is 0.227 e. The summed E-state index contributed by atoms with van der Waals surface area (Å²) in [7, 11) is 0. The Balaban J connectivity index is 1.64. The third kappa shape index (κ3) is 3.43. The predicted molar refractivity (Wildman–Crippen MR) is 80.5 cm³/mol. The quantitative estimate of drug-likeness (QED) is 0.907. The van der Waals surface area contributed by atoms with Crippen LogP contribution in [0, 0.1) is 11.2 Å². The van der Waals surface area contributed by atoms with Crippen molar-refractivity contribution in [1.29, 1.82) is 0 Å². The van der Waals surface area contributed by atoms with E-state index in [2.05, 4.69) is 5.32 Å². The first-order valence-electron chi connectivity index (χ1n) is 7.90. The lowest BCUT2D eigenvalue weighted by Crippen LogP contribution is -2.52. The van der Waals surface area contributed by atoms with Crippen molar-refractivity contribution in [3.63, 3.8) is 0 Å². The van der Waals surface area contributed by atoms with Crippen molar-refractivity contribution >= 4 is 5.91 Å². The molecule has 4 heteroatoms. The van der Waals surface area contributed by atoms with Gasteiger partial charge in [0.1, 0.15) is 5.82 Å². The number of halogens is 1. The standard InChI is InChI=1S/C17H23FN2O/c18-15-5-1-4-14(10-15)11-16(21)20-9-3-7-17(13-20)6-2-8-19-12-17/h1,4-5,10,19H,2-3,6-9,11-13H2. The van der Waals surface area contributed by atoms with E-state index < -0.39 is 0 Å². The zero-order valence-electron chi connectivity index (χ0n) is 12.4. The lowest BCUT2D eigenvalue weighted by Gasteiger charge is -2.45. The summed E-state index contributed by atoms with van der Waals surface area (Å²) in [5, 5.41) is 3.47. The molecule has 1 unspecified atom stereocenters. The van der Waals surface area contributed by atoms with Crippen LogP contribution in [-0.4, -0.2) is 37.0 Å². The normalized spacial score (nSPS) is 26.0. The van der Waals surface area contributed by atoms with Gasteiger partial charge >= 0.3 is 0 Å². The molecule has 0 aromatic heterocycles. The third-order valence-corrected chi connectivity index (χ3v) is 4.82. The van der Waals surface area contributed by atoms with Gasteiger partial charge in [-0.2, -0.15) is 0 Å². The van der Waals surface area contributed by atoms with Crippen molar-refractivity contribution < 1.29 is 9.18 Å². The number of nitrogens with one attached hydrogen (secondary N) is 1. The number of carbonyl (C=O) groups excluding carboxylic acids is 1. The van der Waals surface area contributed by atoms with Crippen LogP contribution in [0.4, 0.5) is 4.39 Å². The third-order valence-electron chi connectivity index (χ3n) is 4.82. The van der Waals surface area contributed by atoms with Crippen LogP contribution in [0.2, 0.25) is 0 Å². The van der Waals surface area contributed by atoms with E-state index in [9.17, 15) is 9.18 Å². The molecule has 1 atom stereocenters. The molecule has 1 aromatic carbocycles. The van der Waals surface area contributed by atoms with Gasteiger partial charge in [-0.1, -0.05) is 12.1 Å². The van der Waals surface area contributed by atoms with Crippen molar-refractivity contribution in [2.24, 2.45) is 5.41 Å². The second-order valence-electron chi connectivity index (χ2n) is 6.51. The highest BCUT2D eigenvalue weighted by atomic mass is 19.1. The van der Waals surface area contributed by atoms with Gasteiger partial charge in [0.25, 0.3) is 0 Å². The molecule has 0 saturated carbocycles. The van der Waals surface area contributed by atoms with Gasteiger partial charge in [0.15, 0.2) is 0 Å². The van der Waals surface area contributed by atoms with Crippen LogP contribution in [-0.2, 0) is 11.2 Å². The molecular formula is C17H23FN2O. The number of carbonyl (C=O) groups is 1. The Morgan fingerprint density at radius 3 is 2.95 bits per heavy atom. The maximum Gasteiger partial charge on any atom is 0.227 e. The van der Waals surface area contributed by atoms with Gasteiger partial charge in [-0.3, -0.25) is 4.79 Å². The first kappa shape index (κ1) is 14.5. The fraction of sp³-hybridized carbons (Fsp3) is 0.588. The highest BCUT2D eigenvalue weighted by Gasteiger charge is 2.37. The highest BCUT2D eigenvalue weighted by molar-refractivity contribution is 5.79. The first-order valence-corrected chi connectivity index (χ1v) is 7.90. The van der Waals surface area contributed by atoms with Crippen LogP contribution in [0.15, 0.2) is 24.3 Å². The largest absolute Gasteiger partial charge is 0.342 e. The maximum atomic E-state index is 13.2. The van der Waals surface area contributed by atoms with Gasteiger partial charge in [0.2, 0.25) is 5.91 Å². The Morgan fingerprint density at radius 2 is 2.19 bits per heavy atom. The number of nitrogens with zero attached hydrogens (tertiary/aromatic N) is 1. The van der Waals surface area contributed by atoms with Crippen LogP contribution in [0.3, 0.4) is 0 Å². The molecule has 3 nitrogen and oxygen atoms in total. The molecule has 1 spiro atoms. The fourth-order valence-electron chi connectivity index (χ4n) is 3.73. The van der Waals surface area contributed by atoms with Crippen molar-refractivity contribution in [2.45, 2.75) is 32.1 Å². The summed E-state index contributed by atoms with van der Waals surface area (Å²) in [5.74, 6) is -0.142. The summed E-state index contributed by atoms with van der Waals surface area (Å²) in [6.45, 7) is 3.82. The Kier molecular flexibility index (Phi) is 4.24. The van der Waals surface area contributed by atoms with Crippen LogP contribution >= 0.6 is 0 Å². The average Bonchev–Trinajstić information content (AvgIpc) is 2.48. The SMILES string of the molecule is O=C(Cc1cccc(F)c1)N1CCCC2(CCCNC2)C1. The maximum absolute atomic E-state index is 13.2. The first-order chi connectivity index (χ1) is 10.2. The Labute approximate surface area is 125 Å². The number of rotatable bonds is 2. The minimum atomic E-state index is -0.271. The number of likely N-dealkylation sites (tertiary alicyclic amines) is 1. The zero-order valence-corrected chi connectivity index (χ0v) is 12.4. The Bertz CT molecular complexity index is 506. The Hall–Kier alpha value is -1.42. The van der Waals surface area contributed by atoms with E-state index in [1.54, 1.807) is 6.07 Å². The number of hydrogen-bond donors (Lipinski definition) is 1. The number of piperidine rings is 2. The lowest BCUT2D eigenvalue weighted by molar-refractivity contribution is -0.134. The van der Waals surface area contributed by atoms with Crippen LogP contribution in [0.5, 0.6) is 0 Å². The van der Waals surface area contributed by atoms with Gasteiger partial charge in [0.05, 0.1) is 6.42 Å². The molecular weight excluding hydrogens is 267 g/mol. The molecule has 114 valence electrons.